The Morgan fingerprint density at radius 2 is 1.71 bits per heavy atom. The standard InChI is InChI=1S/C15H26N2/c1-5-17(13(2)3)12-15-8-6-14(7-9-15)10-11-16-4/h6-9,13,16H,5,10-12H2,1-4H3. The van der Waals surface area contributed by atoms with Gasteiger partial charge in [0.15, 0.2) is 0 Å². The van der Waals surface area contributed by atoms with Gasteiger partial charge in [0.25, 0.3) is 0 Å². The molecular weight excluding hydrogens is 208 g/mol. The predicted octanol–water partition coefficient (Wildman–Crippen LogP) is 2.68. The molecule has 0 aliphatic rings. The van der Waals surface area contributed by atoms with Crippen molar-refractivity contribution in [1.29, 1.82) is 0 Å². The second-order valence-electron chi connectivity index (χ2n) is 4.83. The minimum atomic E-state index is 0.615. The summed E-state index contributed by atoms with van der Waals surface area (Å²) < 4.78 is 0. The zero-order valence-electron chi connectivity index (χ0n) is 11.7. The van der Waals surface area contributed by atoms with Gasteiger partial charge in [-0.1, -0.05) is 31.2 Å². The first kappa shape index (κ1) is 14.2. The summed E-state index contributed by atoms with van der Waals surface area (Å²) in [6, 6.07) is 9.64. The van der Waals surface area contributed by atoms with E-state index < -0.39 is 0 Å². The molecule has 1 aromatic rings. The molecular formula is C15H26N2. The Bertz CT molecular complexity index is 303. The van der Waals surface area contributed by atoms with Crippen molar-refractivity contribution in [3.05, 3.63) is 35.4 Å². The lowest BCUT2D eigenvalue weighted by atomic mass is 10.1. The number of likely N-dealkylation sites (N-methyl/N-ethyl adjacent to an activating group) is 1. The zero-order chi connectivity index (χ0) is 12.7. The van der Waals surface area contributed by atoms with E-state index in [1.807, 2.05) is 7.05 Å². The quantitative estimate of drug-likeness (QED) is 0.780. The zero-order valence-corrected chi connectivity index (χ0v) is 11.7. The first-order valence-corrected chi connectivity index (χ1v) is 6.63. The first-order valence-electron chi connectivity index (χ1n) is 6.63. The third-order valence-corrected chi connectivity index (χ3v) is 3.21. The van der Waals surface area contributed by atoms with Crippen molar-refractivity contribution in [1.82, 2.24) is 10.2 Å². The Morgan fingerprint density at radius 3 is 2.18 bits per heavy atom. The van der Waals surface area contributed by atoms with Gasteiger partial charge in [-0.05, 0) is 51.5 Å². The van der Waals surface area contributed by atoms with Crippen molar-refractivity contribution in [2.75, 3.05) is 20.1 Å². The van der Waals surface area contributed by atoms with Crippen LogP contribution in [0.2, 0.25) is 0 Å². The highest BCUT2D eigenvalue weighted by Crippen LogP contribution is 2.10. The molecule has 0 unspecified atom stereocenters. The topological polar surface area (TPSA) is 15.3 Å². The maximum absolute atomic E-state index is 3.18. The highest BCUT2D eigenvalue weighted by molar-refractivity contribution is 5.22. The monoisotopic (exact) mass is 234 g/mol. The van der Waals surface area contributed by atoms with Gasteiger partial charge in [0.1, 0.15) is 0 Å². The van der Waals surface area contributed by atoms with Crippen LogP contribution in [0.25, 0.3) is 0 Å². The number of benzene rings is 1. The molecule has 2 nitrogen and oxygen atoms in total. The van der Waals surface area contributed by atoms with Crippen LogP contribution in [0.5, 0.6) is 0 Å². The van der Waals surface area contributed by atoms with Crippen LogP contribution in [0, 0.1) is 0 Å². The first-order chi connectivity index (χ1) is 8.17. The Balaban J connectivity index is 2.55. The van der Waals surface area contributed by atoms with Gasteiger partial charge in [0.2, 0.25) is 0 Å². The molecule has 1 rings (SSSR count). The number of hydrogen-bond acceptors (Lipinski definition) is 2. The van der Waals surface area contributed by atoms with Crippen LogP contribution in [-0.2, 0) is 13.0 Å². The Kier molecular flexibility index (Phi) is 6.23. The molecule has 0 fully saturated rings. The summed E-state index contributed by atoms with van der Waals surface area (Å²) in [4.78, 5) is 2.47. The second kappa shape index (κ2) is 7.46. The van der Waals surface area contributed by atoms with Crippen LogP contribution >= 0.6 is 0 Å². The summed E-state index contributed by atoms with van der Waals surface area (Å²) in [5, 5.41) is 3.18. The molecule has 0 aromatic heterocycles. The predicted molar refractivity (Wildman–Crippen MR) is 75.3 cm³/mol. The molecule has 0 heterocycles. The number of rotatable bonds is 7. The van der Waals surface area contributed by atoms with E-state index in [4.69, 9.17) is 0 Å². The lowest BCUT2D eigenvalue weighted by molar-refractivity contribution is 0.225. The summed E-state index contributed by atoms with van der Waals surface area (Å²) in [6.07, 6.45) is 1.11. The molecule has 1 aromatic carbocycles. The number of nitrogens with zero attached hydrogens (tertiary/aromatic N) is 1. The molecule has 17 heavy (non-hydrogen) atoms. The summed E-state index contributed by atoms with van der Waals surface area (Å²) in [7, 11) is 2.00. The molecule has 0 spiro atoms. The summed E-state index contributed by atoms with van der Waals surface area (Å²) in [6.45, 7) is 9.95. The fourth-order valence-corrected chi connectivity index (χ4v) is 1.97. The van der Waals surface area contributed by atoms with Gasteiger partial charge >= 0.3 is 0 Å². The van der Waals surface area contributed by atoms with Gasteiger partial charge in [-0.15, -0.1) is 0 Å². The smallest absolute Gasteiger partial charge is 0.0236 e. The normalized spacial score (nSPS) is 11.4. The van der Waals surface area contributed by atoms with Gasteiger partial charge in [-0.2, -0.15) is 0 Å². The van der Waals surface area contributed by atoms with E-state index in [0.717, 1.165) is 26.1 Å². The van der Waals surface area contributed by atoms with E-state index in [-0.39, 0.29) is 0 Å². The largest absolute Gasteiger partial charge is 0.319 e. The minimum absolute atomic E-state index is 0.615. The third kappa shape index (κ3) is 4.88. The molecule has 2 heteroatoms. The average molecular weight is 234 g/mol. The van der Waals surface area contributed by atoms with Crippen LogP contribution in [0.15, 0.2) is 24.3 Å². The molecule has 0 aliphatic heterocycles. The van der Waals surface area contributed by atoms with Gasteiger partial charge in [0, 0.05) is 12.6 Å². The van der Waals surface area contributed by atoms with Crippen LogP contribution in [0.3, 0.4) is 0 Å². The van der Waals surface area contributed by atoms with Crippen molar-refractivity contribution in [2.24, 2.45) is 0 Å². The van der Waals surface area contributed by atoms with Gasteiger partial charge in [0.05, 0.1) is 0 Å². The minimum Gasteiger partial charge on any atom is -0.319 e. The fourth-order valence-electron chi connectivity index (χ4n) is 1.97. The van der Waals surface area contributed by atoms with Gasteiger partial charge in [-0.25, -0.2) is 0 Å². The molecule has 0 saturated carbocycles. The maximum atomic E-state index is 3.18. The molecule has 0 saturated heterocycles. The van der Waals surface area contributed by atoms with E-state index in [1.165, 1.54) is 11.1 Å². The lowest BCUT2D eigenvalue weighted by Gasteiger charge is -2.24. The van der Waals surface area contributed by atoms with E-state index in [1.54, 1.807) is 0 Å². The van der Waals surface area contributed by atoms with Crippen LogP contribution in [0.1, 0.15) is 31.9 Å². The third-order valence-electron chi connectivity index (χ3n) is 3.21. The molecule has 96 valence electrons. The Labute approximate surface area is 106 Å². The molecule has 0 aliphatic carbocycles. The Morgan fingerprint density at radius 1 is 1.12 bits per heavy atom. The van der Waals surface area contributed by atoms with Crippen molar-refractivity contribution >= 4 is 0 Å². The molecule has 0 bridgehead atoms. The summed E-state index contributed by atoms with van der Waals surface area (Å²) in [5.41, 5.74) is 2.82. The van der Waals surface area contributed by atoms with Gasteiger partial charge < -0.3 is 5.32 Å². The molecule has 0 atom stereocenters. The lowest BCUT2D eigenvalue weighted by Crippen LogP contribution is -2.29. The summed E-state index contributed by atoms with van der Waals surface area (Å²) in [5.74, 6) is 0. The molecule has 0 radical (unpaired) electrons. The highest BCUT2D eigenvalue weighted by atomic mass is 15.1. The molecule has 1 N–H and O–H groups in total. The van der Waals surface area contributed by atoms with E-state index >= 15 is 0 Å². The van der Waals surface area contributed by atoms with Crippen molar-refractivity contribution < 1.29 is 0 Å². The van der Waals surface area contributed by atoms with Crippen LogP contribution in [0.4, 0.5) is 0 Å². The van der Waals surface area contributed by atoms with Crippen LogP contribution < -0.4 is 5.32 Å². The van der Waals surface area contributed by atoms with E-state index in [2.05, 4.69) is 55.3 Å². The number of nitrogens with one attached hydrogen (secondary N) is 1. The molecule has 0 amide bonds. The van der Waals surface area contributed by atoms with Gasteiger partial charge in [-0.3, -0.25) is 4.90 Å². The average Bonchev–Trinajstić information content (AvgIpc) is 2.34. The van der Waals surface area contributed by atoms with Crippen molar-refractivity contribution in [3.8, 4) is 0 Å². The SMILES string of the molecule is CCN(Cc1ccc(CCNC)cc1)C(C)C. The summed E-state index contributed by atoms with van der Waals surface area (Å²) >= 11 is 0. The van der Waals surface area contributed by atoms with E-state index in [9.17, 15) is 0 Å². The van der Waals surface area contributed by atoms with Crippen LogP contribution in [-0.4, -0.2) is 31.1 Å². The van der Waals surface area contributed by atoms with Crippen molar-refractivity contribution in [2.45, 2.75) is 39.8 Å². The van der Waals surface area contributed by atoms with E-state index in [0.29, 0.717) is 6.04 Å². The second-order valence-corrected chi connectivity index (χ2v) is 4.83. The highest BCUT2D eigenvalue weighted by Gasteiger charge is 2.07. The maximum Gasteiger partial charge on any atom is 0.0236 e. The number of hydrogen-bond donors (Lipinski definition) is 1. The Hall–Kier alpha value is -0.860. The fraction of sp³-hybridized carbons (Fsp3) is 0.600. The van der Waals surface area contributed by atoms with Crippen molar-refractivity contribution in [3.63, 3.8) is 0 Å².